The quantitative estimate of drug-likeness (QED) is 0.585. The van der Waals surface area contributed by atoms with Crippen LogP contribution in [-0.4, -0.2) is 11.2 Å². The highest BCUT2D eigenvalue weighted by Gasteiger charge is 2.00. The van der Waals surface area contributed by atoms with Gasteiger partial charge in [0.1, 0.15) is 11.5 Å². The standard InChI is InChI=1S/C13H11N3OS.ClH/c1-9-6-7-10(17-9)8-14-16-13-15-11-4-2-3-5-12(11)18-13;/h2-8H,1H3,(H,15,16);1H/b14-8+;. The minimum Gasteiger partial charge on any atom is -0.460 e. The van der Waals surface area contributed by atoms with Gasteiger partial charge in [0.2, 0.25) is 5.13 Å². The van der Waals surface area contributed by atoms with Crippen LogP contribution in [0.4, 0.5) is 5.13 Å². The Morgan fingerprint density at radius 2 is 2.11 bits per heavy atom. The zero-order valence-electron chi connectivity index (χ0n) is 10.2. The van der Waals surface area contributed by atoms with E-state index in [4.69, 9.17) is 4.42 Å². The number of nitrogens with zero attached hydrogens (tertiary/aromatic N) is 2. The Bertz CT molecular complexity index is 672. The third-order valence-corrected chi connectivity index (χ3v) is 3.35. The highest BCUT2D eigenvalue weighted by molar-refractivity contribution is 7.22. The molecule has 0 saturated carbocycles. The first-order valence-electron chi connectivity index (χ1n) is 5.52. The molecule has 2 heterocycles. The fourth-order valence-corrected chi connectivity index (χ4v) is 2.41. The number of benzene rings is 1. The topological polar surface area (TPSA) is 50.4 Å². The molecular formula is C13H12ClN3OS. The van der Waals surface area contributed by atoms with Crippen LogP contribution in [0.2, 0.25) is 0 Å². The van der Waals surface area contributed by atoms with E-state index in [2.05, 4.69) is 15.5 Å². The summed E-state index contributed by atoms with van der Waals surface area (Å²) in [7, 11) is 0. The molecule has 0 aliphatic heterocycles. The van der Waals surface area contributed by atoms with Crippen LogP contribution in [0.15, 0.2) is 45.9 Å². The summed E-state index contributed by atoms with van der Waals surface area (Å²) in [6.45, 7) is 1.90. The van der Waals surface area contributed by atoms with Crippen molar-refractivity contribution in [1.29, 1.82) is 0 Å². The molecule has 0 radical (unpaired) electrons. The smallest absolute Gasteiger partial charge is 0.204 e. The number of hydrogen-bond donors (Lipinski definition) is 1. The molecule has 3 aromatic rings. The van der Waals surface area contributed by atoms with Crippen molar-refractivity contribution >= 4 is 45.3 Å². The number of fused-ring (bicyclic) bond motifs is 1. The summed E-state index contributed by atoms with van der Waals surface area (Å²) in [4.78, 5) is 4.41. The summed E-state index contributed by atoms with van der Waals surface area (Å²) in [5.74, 6) is 1.59. The molecule has 0 fully saturated rings. The third kappa shape index (κ3) is 3.13. The first kappa shape index (κ1) is 13.6. The lowest BCUT2D eigenvalue weighted by Gasteiger charge is -1.90. The number of furan rings is 1. The van der Waals surface area contributed by atoms with Crippen LogP contribution in [0.1, 0.15) is 11.5 Å². The molecule has 0 aliphatic carbocycles. The monoisotopic (exact) mass is 293 g/mol. The molecule has 0 unspecified atom stereocenters. The van der Waals surface area contributed by atoms with Gasteiger partial charge in [-0.1, -0.05) is 23.5 Å². The molecule has 0 saturated heterocycles. The highest BCUT2D eigenvalue weighted by Crippen LogP contribution is 2.25. The predicted molar refractivity (Wildman–Crippen MR) is 81.5 cm³/mol. The Morgan fingerprint density at radius 1 is 1.26 bits per heavy atom. The minimum atomic E-state index is 0. The Labute approximate surface area is 120 Å². The van der Waals surface area contributed by atoms with Crippen LogP contribution in [0.3, 0.4) is 0 Å². The minimum absolute atomic E-state index is 0. The van der Waals surface area contributed by atoms with Crippen LogP contribution < -0.4 is 5.43 Å². The third-order valence-electron chi connectivity index (χ3n) is 2.41. The van der Waals surface area contributed by atoms with Gasteiger partial charge in [0.05, 0.1) is 16.4 Å². The number of hydrazone groups is 1. The van der Waals surface area contributed by atoms with Gasteiger partial charge < -0.3 is 4.42 Å². The number of thiazole rings is 1. The first-order chi connectivity index (χ1) is 8.81. The largest absolute Gasteiger partial charge is 0.460 e. The van der Waals surface area contributed by atoms with Gasteiger partial charge in [-0.25, -0.2) is 4.98 Å². The van der Waals surface area contributed by atoms with E-state index >= 15 is 0 Å². The lowest BCUT2D eigenvalue weighted by molar-refractivity contribution is 0.528. The molecule has 1 aromatic carbocycles. The van der Waals surface area contributed by atoms with Crippen molar-refractivity contribution < 1.29 is 4.42 Å². The molecule has 0 bridgehead atoms. The van der Waals surface area contributed by atoms with Crippen molar-refractivity contribution in [2.45, 2.75) is 6.92 Å². The molecule has 0 amide bonds. The van der Waals surface area contributed by atoms with Crippen molar-refractivity contribution in [2.24, 2.45) is 5.10 Å². The van der Waals surface area contributed by atoms with Gasteiger partial charge in [0.25, 0.3) is 0 Å². The lowest BCUT2D eigenvalue weighted by atomic mass is 10.3. The van der Waals surface area contributed by atoms with Crippen molar-refractivity contribution in [3.05, 3.63) is 47.9 Å². The maximum atomic E-state index is 5.37. The zero-order chi connectivity index (χ0) is 12.4. The molecule has 6 heteroatoms. The van der Waals surface area contributed by atoms with Gasteiger partial charge >= 0.3 is 0 Å². The van der Waals surface area contributed by atoms with Gasteiger partial charge in [-0.05, 0) is 31.2 Å². The van der Waals surface area contributed by atoms with Crippen LogP contribution >= 0.6 is 23.7 Å². The molecule has 1 N–H and O–H groups in total. The second kappa shape index (κ2) is 5.86. The van der Waals surface area contributed by atoms with Crippen molar-refractivity contribution in [3.63, 3.8) is 0 Å². The zero-order valence-corrected chi connectivity index (χ0v) is 11.8. The molecule has 19 heavy (non-hydrogen) atoms. The van der Waals surface area contributed by atoms with Crippen molar-refractivity contribution in [3.8, 4) is 0 Å². The van der Waals surface area contributed by atoms with Gasteiger partial charge in [0, 0.05) is 0 Å². The van der Waals surface area contributed by atoms with Crippen LogP contribution in [0.25, 0.3) is 10.2 Å². The number of para-hydroxylation sites is 1. The number of aryl methyl sites for hydroxylation is 1. The number of nitrogens with one attached hydrogen (secondary N) is 1. The summed E-state index contributed by atoms with van der Waals surface area (Å²) in [5, 5.41) is 4.87. The predicted octanol–water partition coefficient (Wildman–Crippen LogP) is 4.07. The second-order valence-corrected chi connectivity index (χ2v) is 4.84. The van der Waals surface area contributed by atoms with Crippen molar-refractivity contribution in [1.82, 2.24) is 4.98 Å². The van der Waals surface area contributed by atoms with Gasteiger partial charge in [-0.2, -0.15) is 5.10 Å². The van der Waals surface area contributed by atoms with E-state index in [1.54, 1.807) is 17.6 Å². The van der Waals surface area contributed by atoms with E-state index in [9.17, 15) is 0 Å². The average molecular weight is 294 g/mol. The molecule has 2 aromatic heterocycles. The van der Waals surface area contributed by atoms with Gasteiger partial charge in [-0.3, -0.25) is 5.43 Å². The van der Waals surface area contributed by atoms with E-state index in [1.807, 2.05) is 43.3 Å². The first-order valence-corrected chi connectivity index (χ1v) is 6.34. The Hall–Kier alpha value is -1.85. The molecule has 0 atom stereocenters. The number of halogens is 1. The lowest BCUT2D eigenvalue weighted by Crippen LogP contribution is -1.88. The molecule has 0 aliphatic rings. The SMILES string of the molecule is Cc1ccc(/C=N/Nc2nc3ccccc3s2)o1.Cl. The van der Waals surface area contributed by atoms with E-state index < -0.39 is 0 Å². The molecule has 98 valence electrons. The summed E-state index contributed by atoms with van der Waals surface area (Å²) in [5.41, 5.74) is 3.89. The van der Waals surface area contributed by atoms with Crippen LogP contribution in [0.5, 0.6) is 0 Å². The molecule has 3 rings (SSSR count). The maximum Gasteiger partial charge on any atom is 0.204 e. The Kier molecular flexibility index (Phi) is 4.19. The summed E-state index contributed by atoms with van der Waals surface area (Å²) in [6.07, 6.45) is 1.64. The second-order valence-electron chi connectivity index (χ2n) is 3.81. The van der Waals surface area contributed by atoms with E-state index in [-0.39, 0.29) is 12.4 Å². The molecule has 0 spiro atoms. The number of rotatable bonds is 3. The molecule has 4 nitrogen and oxygen atoms in total. The summed E-state index contributed by atoms with van der Waals surface area (Å²) in [6, 6.07) is 11.8. The Balaban J connectivity index is 0.00000133. The molecular weight excluding hydrogens is 282 g/mol. The number of hydrogen-bond acceptors (Lipinski definition) is 5. The highest BCUT2D eigenvalue weighted by atomic mass is 35.5. The van der Waals surface area contributed by atoms with E-state index in [0.717, 1.165) is 26.9 Å². The average Bonchev–Trinajstić information content (AvgIpc) is 2.95. The van der Waals surface area contributed by atoms with Crippen LogP contribution in [-0.2, 0) is 0 Å². The van der Waals surface area contributed by atoms with Crippen molar-refractivity contribution in [2.75, 3.05) is 5.43 Å². The number of aromatic nitrogens is 1. The number of anilines is 1. The van der Waals surface area contributed by atoms with Crippen LogP contribution in [0, 0.1) is 6.92 Å². The summed E-state index contributed by atoms with van der Waals surface area (Å²) >= 11 is 1.57. The Morgan fingerprint density at radius 3 is 2.84 bits per heavy atom. The maximum absolute atomic E-state index is 5.37. The van der Waals surface area contributed by atoms with Gasteiger partial charge in [0.15, 0.2) is 0 Å². The van der Waals surface area contributed by atoms with Gasteiger partial charge in [-0.15, -0.1) is 12.4 Å². The fourth-order valence-electron chi connectivity index (χ4n) is 1.59. The normalized spacial score (nSPS) is 10.8. The van der Waals surface area contributed by atoms with E-state index in [0.29, 0.717) is 0 Å². The fraction of sp³-hybridized carbons (Fsp3) is 0.0769. The van der Waals surface area contributed by atoms with E-state index in [1.165, 1.54) is 0 Å². The summed E-state index contributed by atoms with van der Waals surface area (Å²) < 4.78 is 6.52.